The average Bonchev–Trinajstić information content (AvgIpc) is 1.86. The molecule has 1 radical (unpaired) electrons. The molecule has 0 aromatic rings. The summed E-state index contributed by atoms with van der Waals surface area (Å²) in [4.78, 5) is 2.55. The maximum atomic E-state index is 4.31. The van der Waals surface area contributed by atoms with Gasteiger partial charge in [-0.2, -0.15) is 0 Å². The molecule has 2 aliphatic heterocycles. The quantitative estimate of drug-likeness (QED) is 0.665. The van der Waals surface area contributed by atoms with Crippen LogP contribution in [0.2, 0.25) is 0 Å². The normalized spacial score (nSPS) is 27.3. The Morgan fingerprint density at radius 1 is 1.18 bits per heavy atom. The van der Waals surface area contributed by atoms with Crippen LogP contribution in [0, 0.1) is 0 Å². The average molecular weight is 229 g/mol. The number of nitrogens with one attached hydrogen (secondary N) is 1. The monoisotopic (exact) mass is 229 g/mol. The first-order valence-corrected chi connectivity index (χ1v) is 4.05. The van der Waals surface area contributed by atoms with Gasteiger partial charge in [-0.25, -0.2) is 0 Å². The van der Waals surface area contributed by atoms with E-state index in [9.17, 15) is 0 Å². The summed E-state index contributed by atoms with van der Waals surface area (Å²) in [7, 11) is 0. The van der Waals surface area contributed by atoms with Crippen LogP contribution in [-0.4, -0.2) is 50.2 Å². The largest absolute Gasteiger partial charge is 0.660 e. The Labute approximate surface area is 93.2 Å². The van der Waals surface area contributed by atoms with Crippen molar-refractivity contribution in [1.82, 2.24) is 10.2 Å². The van der Waals surface area contributed by atoms with Crippen molar-refractivity contribution in [1.29, 1.82) is 0 Å². The third-order valence-corrected chi connectivity index (χ3v) is 2.37. The Morgan fingerprint density at radius 2 is 1.82 bits per heavy atom. The van der Waals surface area contributed by atoms with Crippen LogP contribution in [0.3, 0.4) is 0 Å². The molecule has 4 heteroatoms. The molecule has 0 amide bonds. The fraction of sp³-hybridized carbons (Fsp3) is 1.00. The zero-order valence-corrected chi connectivity index (χ0v) is 9.63. The Bertz CT molecular complexity index is 110. The molecule has 1 N–H and O–H groups in total. The minimum Gasteiger partial charge on any atom is -0.660 e. The zero-order valence-electron chi connectivity index (χ0n) is 6.79. The van der Waals surface area contributed by atoms with Crippen molar-refractivity contribution >= 4 is 0 Å². The summed E-state index contributed by atoms with van der Waals surface area (Å²) in [6, 6.07) is 0.829. The van der Waals surface area contributed by atoms with E-state index in [2.05, 4.69) is 15.5 Å². The molecular weight excluding hydrogens is 215 g/mol. The van der Waals surface area contributed by atoms with Gasteiger partial charge in [0, 0.05) is 51.8 Å². The first-order chi connectivity index (χ1) is 4.97. The molecule has 3 nitrogen and oxygen atoms in total. The molecule has 0 spiro atoms. The van der Waals surface area contributed by atoms with Gasteiger partial charge < -0.3 is 15.5 Å². The predicted octanol–water partition coefficient (Wildman–Crippen LogP) is -0.355. The van der Waals surface area contributed by atoms with Gasteiger partial charge in [-0.05, 0) is 13.1 Å². The van der Waals surface area contributed by atoms with E-state index >= 15 is 0 Å². The summed E-state index contributed by atoms with van der Waals surface area (Å²) >= 11 is 0. The van der Waals surface area contributed by atoms with Crippen molar-refractivity contribution in [2.24, 2.45) is 0 Å². The van der Waals surface area contributed by atoms with Crippen molar-refractivity contribution < 1.29 is 32.7 Å². The van der Waals surface area contributed by atoms with Crippen LogP contribution in [0.15, 0.2) is 0 Å². The predicted molar refractivity (Wildman–Crippen MR) is 41.3 cm³/mol. The number of piperazine rings is 1. The fourth-order valence-corrected chi connectivity index (χ4v) is 1.52. The van der Waals surface area contributed by atoms with Crippen LogP contribution in [0.4, 0.5) is 0 Å². The maximum absolute atomic E-state index is 4.31. The van der Waals surface area contributed by atoms with E-state index in [0.717, 1.165) is 19.1 Å². The first-order valence-electron chi connectivity index (χ1n) is 4.05. The molecule has 0 atom stereocenters. The molecule has 11 heavy (non-hydrogen) atoms. The Kier molecular flexibility index (Phi) is 4.46. The van der Waals surface area contributed by atoms with Crippen molar-refractivity contribution in [2.45, 2.75) is 6.04 Å². The van der Waals surface area contributed by atoms with Gasteiger partial charge in [-0.15, -0.1) is 13.1 Å². The number of hydrogen-bond acceptors (Lipinski definition) is 2. The fourth-order valence-electron chi connectivity index (χ4n) is 1.52. The van der Waals surface area contributed by atoms with Gasteiger partial charge in [-0.3, -0.25) is 0 Å². The third-order valence-electron chi connectivity index (χ3n) is 2.37. The van der Waals surface area contributed by atoms with Gasteiger partial charge in [0.2, 0.25) is 0 Å². The summed E-state index contributed by atoms with van der Waals surface area (Å²) < 4.78 is 0. The second-order valence-corrected chi connectivity index (χ2v) is 3.02. The third kappa shape index (κ3) is 2.46. The molecule has 2 fully saturated rings. The Morgan fingerprint density at radius 3 is 2.27 bits per heavy atom. The number of rotatable bonds is 1. The number of hydrogen-bond donors (Lipinski definition) is 1. The summed E-state index contributed by atoms with van der Waals surface area (Å²) in [5, 5.41) is 7.59. The summed E-state index contributed by atoms with van der Waals surface area (Å²) in [6.45, 7) is 6.87. The smallest absolute Gasteiger partial charge is 0.0343 e. The molecular formula is C7H14N3Y-. The molecule has 0 saturated carbocycles. The molecule has 2 saturated heterocycles. The zero-order chi connectivity index (χ0) is 6.81. The van der Waals surface area contributed by atoms with Gasteiger partial charge >= 0.3 is 0 Å². The number of nitrogens with zero attached hydrogens (tertiary/aromatic N) is 2. The first kappa shape index (κ1) is 10.1. The standard InChI is InChI=1S/C7H14N3.Y/c1-3-10(4-2-8-1)7-5-9-6-7;/h7,9H,1-6H2;/q-1;. The molecule has 0 aliphatic carbocycles. The van der Waals surface area contributed by atoms with Crippen LogP contribution in [-0.2, 0) is 32.7 Å². The molecule has 2 aliphatic rings. The van der Waals surface area contributed by atoms with Gasteiger partial charge in [0.1, 0.15) is 0 Å². The van der Waals surface area contributed by atoms with Crippen LogP contribution in [0.25, 0.3) is 5.32 Å². The van der Waals surface area contributed by atoms with E-state index in [4.69, 9.17) is 0 Å². The van der Waals surface area contributed by atoms with Gasteiger partial charge in [0.05, 0.1) is 0 Å². The van der Waals surface area contributed by atoms with Gasteiger partial charge in [0.25, 0.3) is 0 Å². The molecule has 2 heterocycles. The van der Waals surface area contributed by atoms with E-state index in [1.165, 1.54) is 26.2 Å². The second kappa shape index (κ2) is 4.88. The Hall–Kier alpha value is 0.984. The topological polar surface area (TPSA) is 29.4 Å². The summed E-state index contributed by atoms with van der Waals surface area (Å²) in [5.74, 6) is 0. The minimum absolute atomic E-state index is 0. The summed E-state index contributed by atoms with van der Waals surface area (Å²) in [6.07, 6.45) is 0. The van der Waals surface area contributed by atoms with E-state index in [0.29, 0.717) is 0 Å². The van der Waals surface area contributed by atoms with E-state index in [1.807, 2.05) is 0 Å². The molecule has 61 valence electrons. The van der Waals surface area contributed by atoms with E-state index in [1.54, 1.807) is 0 Å². The van der Waals surface area contributed by atoms with Crippen molar-refractivity contribution in [3.63, 3.8) is 0 Å². The van der Waals surface area contributed by atoms with Crippen LogP contribution < -0.4 is 5.32 Å². The van der Waals surface area contributed by atoms with Crippen LogP contribution in [0.1, 0.15) is 0 Å². The Balaban J connectivity index is 0.000000605. The van der Waals surface area contributed by atoms with Gasteiger partial charge in [0.15, 0.2) is 0 Å². The molecule has 2 rings (SSSR count). The summed E-state index contributed by atoms with van der Waals surface area (Å²) in [5.41, 5.74) is 0. The SMILES string of the molecule is C1CN(C2CNC2)CC[N-]1.[Y]. The van der Waals surface area contributed by atoms with Crippen molar-refractivity contribution in [3.05, 3.63) is 5.32 Å². The minimum atomic E-state index is 0. The van der Waals surface area contributed by atoms with Crippen LogP contribution in [0.5, 0.6) is 0 Å². The van der Waals surface area contributed by atoms with Crippen LogP contribution >= 0.6 is 0 Å². The molecule has 0 aromatic carbocycles. The second-order valence-electron chi connectivity index (χ2n) is 3.02. The molecule has 0 aromatic heterocycles. The van der Waals surface area contributed by atoms with Crippen molar-refractivity contribution in [2.75, 3.05) is 39.3 Å². The molecule has 0 bridgehead atoms. The van der Waals surface area contributed by atoms with E-state index < -0.39 is 0 Å². The van der Waals surface area contributed by atoms with Gasteiger partial charge in [-0.1, -0.05) is 0 Å². The van der Waals surface area contributed by atoms with Crippen molar-refractivity contribution in [3.8, 4) is 0 Å². The molecule has 0 unspecified atom stereocenters. The van der Waals surface area contributed by atoms with E-state index in [-0.39, 0.29) is 32.7 Å². The maximum Gasteiger partial charge on any atom is 0.0343 e.